The maximum Gasteiger partial charge on any atom is 0.356 e. The quantitative estimate of drug-likeness (QED) is 0.531. The molecule has 0 aliphatic carbocycles. The second-order valence-electron chi connectivity index (χ2n) is 8.68. The normalized spacial score (nSPS) is 17.7. The van der Waals surface area contributed by atoms with Gasteiger partial charge in [-0.3, -0.25) is 4.79 Å². The first-order chi connectivity index (χ1) is 17.0. The van der Waals surface area contributed by atoms with Crippen molar-refractivity contribution >= 4 is 28.5 Å². The number of ether oxygens (including phenoxy) is 3. The Balaban J connectivity index is 1.41. The number of amides is 1. The summed E-state index contributed by atoms with van der Waals surface area (Å²) in [5.74, 6) is 0.663. The number of nitrogens with zero attached hydrogens (tertiary/aromatic N) is 4. The van der Waals surface area contributed by atoms with Crippen molar-refractivity contribution in [3.05, 3.63) is 53.3 Å². The molecule has 0 unspecified atom stereocenters. The molecule has 2 aliphatic rings. The summed E-state index contributed by atoms with van der Waals surface area (Å²) in [6.07, 6.45) is 3.19. The van der Waals surface area contributed by atoms with Crippen molar-refractivity contribution < 1.29 is 23.8 Å². The van der Waals surface area contributed by atoms with E-state index in [0.717, 1.165) is 23.1 Å². The third-order valence-corrected chi connectivity index (χ3v) is 6.72. The Morgan fingerprint density at radius 1 is 1.20 bits per heavy atom. The van der Waals surface area contributed by atoms with Gasteiger partial charge in [-0.05, 0) is 36.8 Å². The van der Waals surface area contributed by atoms with Crippen LogP contribution < -0.4 is 14.4 Å². The van der Waals surface area contributed by atoms with Gasteiger partial charge < -0.3 is 24.0 Å². The van der Waals surface area contributed by atoms with Crippen LogP contribution in [0.1, 0.15) is 39.8 Å². The maximum atomic E-state index is 13.6. The summed E-state index contributed by atoms with van der Waals surface area (Å²) < 4.78 is 16.3. The topological polar surface area (TPSA) is 94.1 Å². The van der Waals surface area contributed by atoms with Gasteiger partial charge in [-0.25, -0.2) is 14.8 Å². The third-order valence-electron chi connectivity index (χ3n) is 6.72. The van der Waals surface area contributed by atoms with Gasteiger partial charge in [0.05, 0.1) is 49.8 Å². The number of anilines is 1. The molecule has 9 nitrogen and oxygen atoms in total. The number of carbonyl (C=O) groups is 2. The van der Waals surface area contributed by atoms with Crippen molar-refractivity contribution in [2.45, 2.75) is 25.8 Å². The molecule has 5 rings (SSSR count). The third kappa shape index (κ3) is 4.22. The van der Waals surface area contributed by atoms with Gasteiger partial charge in [0.15, 0.2) is 0 Å². The lowest BCUT2D eigenvalue weighted by Crippen LogP contribution is -2.56. The second kappa shape index (κ2) is 9.40. The Morgan fingerprint density at radius 3 is 2.77 bits per heavy atom. The molecule has 0 saturated carbocycles. The van der Waals surface area contributed by atoms with Crippen molar-refractivity contribution in [1.29, 1.82) is 0 Å². The Kier molecular flexibility index (Phi) is 6.15. The first-order valence-corrected chi connectivity index (χ1v) is 11.8. The summed E-state index contributed by atoms with van der Waals surface area (Å²) in [5.41, 5.74) is 3.43. The first-order valence-electron chi connectivity index (χ1n) is 11.8. The average molecular weight is 477 g/mol. The van der Waals surface area contributed by atoms with Crippen LogP contribution in [0.15, 0.2) is 36.5 Å². The largest absolute Gasteiger partial charge is 0.493 e. The number of pyridine rings is 2. The van der Waals surface area contributed by atoms with E-state index >= 15 is 0 Å². The molecular formula is C26H28N4O5. The van der Waals surface area contributed by atoms with Gasteiger partial charge in [-0.1, -0.05) is 6.92 Å². The molecule has 1 atom stereocenters. The van der Waals surface area contributed by atoms with E-state index in [9.17, 15) is 9.59 Å². The predicted molar refractivity (Wildman–Crippen MR) is 130 cm³/mol. The smallest absolute Gasteiger partial charge is 0.356 e. The lowest BCUT2D eigenvalue weighted by Gasteiger charge is -2.43. The molecule has 1 saturated heterocycles. The summed E-state index contributed by atoms with van der Waals surface area (Å²) in [7, 11) is 2.94. The van der Waals surface area contributed by atoms with Crippen molar-refractivity contribution in [1.82, 2.24) is 14.9 Å². The number of hydrogen-bond donors (Lipinski definition) is 0. The Hall–Kier alpha value is -3.88. The number of carbonyl (C=O) groups excluding carboxylic acids is 2. The summed E-state index contributed by atoms with van der Waals surface area (Å²) in [4.78, 5) is 38.3. The minimum atomic E-state index is -0.464. The molecule has 9 heteroatoms. The van der Waals surface area contributed by atoms with E-state index in [1.165, 1.54) is 7.11 Å². The number of fused-ring (bicyclic) bond motifs is 3. The van der Waals surface area contributed by atoms with Crippen LogP contribution in [0.5, 0.6) is 11.6 Å². The van der Waals surface area contributed by atoms with Gasteiger partial charge >= 0.3 is 5.97 Å². The standard InChI is InChI=1S/C26H28N4O5/c1-4-16-11-17-12-23-20(13-22(17)28-24(16)33-2)25(31)30-9-8-29(15-19(30)7-10-35-23)18-5-6-21(27-14-18)26(32)34-3/h5-6,11-14,19H,4,7-10,15H2,1-3H3/t19-/m0/s1. The van der Waals surface area contributed by atoms with Gasteiger partial charge in [-0.2, -0.15) is 0 Å². The van der Waals surface area contributed by atoms with Gasteiger partial charge in [0.1, 0.15) is 11.4 Å². The fourth-order valence-corrected chi connectivity index (χ4v) is 4.81. The molecule has 35 heavy (non-hydrogen) atoms. The van der Waals surface area contributed by atoms with E-state index in [4.69, 9.17) is 14.2 Å². The van der Waals surface area contributed by atoms with Crippen molar-refractivity contribution in [2.75, 3.05) is 45.4 Å². The summed E-state index contributed by atoms with van der Waals surface area (Å²) >= 11 is 0. The molecule has 0 N–H and O–H groups in total. The Bertz CT molecular complexity index is 1280. The first kappa shape index (κ1) is 22.9. The van der Waals surface area contributed by atoms with Gasteiger partial charge in [0.2, 0.25) is 5.88 Å². The van der Waals surface area contributed by atoms with Crippen LogP contribution in [-0.2, 0) is 11.2 Å². The molecule has 0 spiro atoms. The van der Waals surface area contributed by atoms with Crippen LogP contribution in [0.4, 0.5) is 5.69 Å². The highest BCUT2D eigenvalue weighted by Gasteiger charge is 2.34. The number of methoxy groups -OCH3 is 2. The Labute approximate surface area is 203 Å². The Morgan fingerprint density at radius 2 is 2.06 bits per heavy atom. The molecule has 3 aromatic rings. The van der Waals surface area contributed by atoms with Crippen LogP contribution in [-0.4, -0.2) is 73.2 Å². The number of hydrogen-bond acceptors (Lipinski definition) is 8. The lowest BCUT2D eigenvalue weighted by molar-refractivity contribution is 0.0586. The highest BCUT2D eigenvalue weighted by molar-refractivity contribution is 6.01. The number of rotatable bonds is 4. The zero-order valence-electron chi connectivity index (χ0n) is 20.1. The van der Waals surface area contributed by atoms with E-state index in [1.54, 1.807) is 19.4 Å². The zero-order valence-corrected chi connectivity index (χ0v) is 20.1. The maximum absolute atomic E-state index is 13.6. The second-order valence-corrected chi connectivity index (χ2v) is 8.68. The number of piperazine rings is 1. The average Bonchev–Trinajstić information content (AvgIpc) is 2.90. The fourth-order valence-electron chi connectivity index (χ4n) is 4.81. The van der Waals surface area contributed by atoms with Crippen LogP contribution in [0, 0.1) is 0 Å². The predicted octanol–water partition coefficient (Wildman–Crippen LogP) is 3.10. The molecule has 1 fully saturated rings. The number of benzene rings is 1. The summed E-state index contributed by atoms with van der Waals surface area (Å²) in [6.45, 7) is 4.46. The minimum Gasteiger partial charge on any atom is -0.493 e. The zero-order chi connectivity index (χ0) is 24.5. The molecule has 1 amide bonds. The molecule has 0 radical (unpaired) electrons. The van der Waals surface area contributed by atoms with Crippen LogP contribution >= 0.6 is 0 Å². The van der Waals surface area contributed by atoms with E-state index in [-0.39, 0.29) is 17.6 Å². The number of aryl methyl sites for hydroxylation is 1. The van der Waals surface area contributed by atoms with Gasteiger partial charge in [0.25, 0.3) is 5.91 Å². The van der Waals surface area contributed by atoms with E-state index in [1.807, 2.05) is 23.1 Å². The van der Waals surface area contributed by atoms with Crippen LogP contribution in [0.3, 0.4) is 0 Å². The fraction of sp³-hybridized carbons (Fsp3) is 0.385. The molecule has 2 aliphatic heterocycles. The molecule has 2 aromatic heterocycles. The molecule has 182 valence electrons. The molecular weight excluding hydrogens is 448 g/mol. The van der Waals surface area contributed by atoms with Crippen LogP contribution in [0.2, 0.25) is 0 Å². The van der Waals surface area contributed by atoms with E-state index in [2.05, 4.69) is 27.9 Å². The highest BCUT2D eigenvalue weighted by Crippen LogP contribution is 2.33. The number of aromatic nitrogens is 2. The van der Waals surface area contributed by atoms with E-state index < -0.39 is 5.97 Å². The molecule has 4 heterocycles. The van der Waals surface area contributed by atoms with Crippen molar-refractivity contribution in [3.63, 3.8) is 0 Å². The molecule has 1 aromatic carbocycles. The van der Waals surface area contributed by atoms with Crippen molar-refractivity contribution in [3.8, 4) is 11.6 Å². The van der Waals surface area contributed by atoms with Gasteiger partial charge in [0, 0.05) is 37.0 Å². The summed E-state index contributed by atoms with van der Waals surface area (Å²) in [6, 6.07) is 9.30. The monoisotopic (exact) mass is 476 g/mol. The van der Waals surface area contributed by atoms with Crippen LogP contribution in [0.25, 0.3) is 10.9 Å². The van der Waals surface area contributed by atoms with Gasteiger partial charge in [-0.15, -0.1) is 0 Å². The van der Waals surface area contributed by atoms with Crippen molar-refractivity contribution in [2.24, 2.45) is 0 Å². The summed E-state index contributed by atoms with van der Waals surface area (Å²) in [5, 5.41) is 0.930. The SMILES string of the molecule is CCc1cc2cc3c(cc2nc1OC)C(=O)N1CCN(c2ccc(C(=O)OC)nc2)C[C@@H]1CCO3. The lowest BCUT2D eigenvalue weighted by atomic mass is 10.0. The number of esters is 1. The minimum absolute atomic E-state index is 0.00894. The van der Waals surface area contributed by atoms with E-state index in [0.29, 0.717) is 55.4 Å². The highest BCUT2D eigenvalue weighted by atomic mass is 16.5. The molecule has 0 bridgehead atoms.